The van der Waals surface area contributed by atoms with Crippen LogP contribution in [0, 0.1) is 0 Å². The number of carbonyl (C=O) groups is 1. The van der Waals surface area contributed by atoms with Crippen molar-refractivity contribution in [2.24, 2.45) is 0 Å². The van der Waals surface area contributed by atoms with E-state index in [0.717, 1.165) is 30.9 Å². The molecule has 140 valence electrons. The summed E-state index contributed by atoms with van der Waals surface area (Å²) in [7, 11) is 3.54. The van der Waals surface area contributed by atoms with Crippen LogP contribution in [0.3, 0.4) is 0 Å². The zero-order valence-corrected chi connectivity index (χ0v) is 15.6. The van der Waals surface area contributed by atoms with Crippen LogP contribution in [-0.4, -0.2) is 49.7 Å². The predicted molar refractivity (Wildman–Crippen MR) is 101 cm³/mol. The minimum Gasteiger partial charge on any atom is -0.497 e. The fourth-order valence-corrected chi connectivity index (χ4v) is 2.25. The van der Waals surface area contributed by atoms with Gasteiger partial charge in [-0.2, -0.15) is 0 Å². The molecule has 2 aromatic rings. The number of aromatic nitrogens is 2. The van der Waals surface area contributed by atoms with Crippen LogP contribution in [0.25, 0.3) is 0 Å². The van der Waals surface area contributed by atoms with Crippen LogP contribution in [0.1, 0.15) is 30.3 Å². The number of hydrogen-bond acceptors (Lipinski definition) is 6. The van der Waals surface area contributed by atoms with Gasteiger partial charge in [-0.1, -0.05) is 13.3 Å². The Morgan fingerprint density at radius 3 is 2.62 bits per heavy atom. The highest BCUT2D eigenvalue weighted by molar-refractivity contribution is 5.92. The van der Waals surface area contributed by atoms with Crippen LogP contribution in [0.4, 0.5) is 5.95 Å². The van der Waals surface area contributed by atoms with E-state index in [1.807, 2.05) is 36.2 Å². The molecule has 0 aliphatic rings. The molecule has 2 rings (SSSR count). The maximum atomic E-state index is 12.2. The summed E-state index contributed by atoms with van der Waals surface area (Å²) in [6.45, 7) is 3.74. The summed E-state index contributed by atoms with van der Waals surface area (Å²) in [4.78, 5) is 22.7. The van der Waals surface area contributed by atoms with Crippen LogP contribution >= 0.6 is 0 Å². The number of unbranched alkanes of at least 4 members (excludes halogenated alkanes) is 1. The van der Waals surface area contributed by atoms with Crippen molar-refractivity contribution in [3.8, 4) is 11.5 Å². The summed E-state index contributed by atoms with van der Waals surface area (Å²) in [5.41, 5.74) is 0.350. The molecule has 0 bridgehead atoms. The number of rotatable bonds is 10. The molecule has 7 nitrogen and oxygen atoms in total. The van der Waals surface area contributed by atoms with Gasteiger partial charge in [0.25, 0.3) is 5.91 Å². The Morgan fingerprint density at radius 2 is 1.92 bits per heavy atom. The molecule has 0 saturated carbocycles. The van der Waals surface area contributed by atoms with E-state index in [1.165, 1.54) is 0 Å². The fraction of sp³-hybridized carbons (Fsp3) is 0.421. The molecule has 1 aromatic heterocycles. The van der Waals surface area contributed by atoms with E-state index in [2.05, 4.69) is 22.2 Å². The molecule has 0 atom stereocenters. The van der Waals surface area contributed by atoms with Gasteiger partial charge in [-0.05, 0) is 36.8 Å². The van der Waals surface area contributed by atoms with Crippen LogP contribution in [-0.2, 0) is 0 Å². The number of carbonyl (C=O) groups excluding carboxylic acids is 1. The Bertz CT molecular complexity index is 691. The third-order valence-corrected chi connectivity index (χ3v) is 3.78. The summed E-state index contributed by atoms with van der Waals surface area (Å²) in [5.74, 6) is 1.81. The lowest BCUT2D eigenvalue weighted by atomic mass is 10.3. The van der Waals surface area contributed by atoms with Crippen molar-refractivity contribution in [3.63, 3.8) is 0 Å². The molecule has 0 saturated heterocycles. The summed E-state index contributed by atoms with van der Waals surface area (Å²) < 4.78 is 10.7. The highest BCUT2D eigenvalue weighted by Gasteiger charge is 2.10. The molecule has 0 radical (unpaired) electrons. The predicted octanol–water partition coefficient (Wildman–Crippen LogP) is 2.53. The summed E-state index contributed by atoms with van der Waals surface area (Å²) in [6.07, 6.45) is 3.76. The smallest absolute Gasteiger partial charge is 0.270 e. The topological polar surface area (TPSA) is 76.6 Å². The molecule has 1 N–H and O–H groups in total. The van der Waals surface area contributed by atoms with E-state index in [0.29, 0.717) is 24.8 Å². The number of methoxy groups -OCH3 is 1. The minimum absolute atomic E-state index is 0.240. The van der Waals surface area contributed by atoms with E-state index in [4.69, 9.17) is 9.47 Å². The summed E-state index contributed by atoms with van der Waals surface area (Å²) in [5, 5.41) is 2.80. The van der Waals surface area contributed by atoms with E-state index < -0.39 is 0 Å². The minimum atomic E-state index is -0.240. The second kappa shape index (κ2) is 10.2. The zero-order valence-electron chi connectivity index (χ0n) is 15.6. The van der Waals surface area contributed by atoms with Gasteiger partial charge in [-0.15, -0.1) is 0 Å². The number of hydrogen-bond donors (Lipinski definition) is 1. The van der Waals surface area contributed by atoms with E-state index in [-0.39, 0.29) is 5.91 Å². The molecule has 0 unspecified atom stereocenters. The lowest BCUT2D eigenvalue weighted by Gasteiger charge is -2.16. The first-order chi connectivity index (χ1) is 12.6. The van der Waals surface area contributed by atoms with Gasteiger partial charge >= 0.3 is 0 Å². The van der Waals surface area contributed by atoms with E-state index in [9.17, 15) is 4.79 Å². The lowest BCUT2D eigenvalue weighted by molar-refractivity contribution is 0.0942. The first kappa shape index (κ1) is 19.5. The van der Waals surface area contributed by atoms with Gasteiger partial charge in [0.15, 0.2) is 0 Å². The molecule has 0 aliphatic heterocycles. The van der Waals surface area contributed by atoms with Gasteiger partial charge in [0.2, 0.25) is 5.95 Å². The van der Waals surface area contributed by atoms with E-state index >= 15 is 0 Å². The molecule has 26 heavy (non-hydrogen) atoms. The normalized spacial score (nSPS) is 10.3. The molecule has 0 aliphatic carbocycles. The molecular weight excluding hydrogens is 332 g/mol. The SMILES string of the molecule is CCCCN(C)c1nccc(C(=O)NCCOc2ccc(OC)cc2)n1. The van der Waals surface area contributed by atoms with Gasteiger partial charge in [0.05, 0.1) is 13.7 Å². The number of nitrogens with one attached hydrogen (secondary N) is 1. The Labute approximate surface area is 154 Å². The third-order valence-electron chi connectivity index (χ3n) is 3.78. The lowest BCUT2D eigenvalue weighted by Crippen LogP contribution is -2.29. The molecule has 0 spiro atoms. The summed E-state index contributed by atoms with van der Waals surface area (Å²) in [6, 6.07) is 8.90. The molecule has 0 fully saturated rings. The first-order valence-corrected chi connectivity index (χ1v) is 8.73. The zero-order chi connectivity index (χ0) is 18.8. The van der Waals surface area contributed by atoms with Crippen molar-refractivity contribution in [1.82, 2.24) is 15.3 Å². The Morgan fingerprint density at radius 1 is 1.19 bits per heavy atom. The van der Waals surface area contributed by atoms with Crippen molar-refractivity contribution in [2.45, 2.75) is 19.8 Å². The second-order valence-electron chi connectivity index (χ2n) is 5.80. The number of nitrogens with zero attached hydrogens (tertiary/aromatic N) is 3. The van der Waals surface area contributed by atoms with Gasteiger partial charge < -0.3 is 19.7 Å². The van der Waals surface area contributed by atoms with Crippen molar-refractivity contribution in [1.29, 1.82) is 0 Å². The number of benzene rings is 1. The Hall–Kier alpha value is -2.83. The number of ether oxygens (including phenoxy) is 2. The number of anilines is 1. The van der Waals surface area contributed by atoms with Crippen LogP contribution in [0.15, 0.2) is 36.5 Å². The quantitative estimate of drug-likeness (QED) is 0.658. The maximum Gasteiger partial charge on any atom is 0.270 e. The Kier molecular flexibility index (Phi) is 7.67. The highest BCUT2D eigenvalue weighted by atomic mass is 16.5. The first-order valence-electron chi connectivity index (χ1n) is 8.73. The third kappa shape index (κ3) is 5.91. The highest BCUT2D eigenvalue weighted by Crippen LogP contribution is 2.16. The van der Waals surface area contributed by atoms with Gasteiger partial charge in [0.1, 0.15) is 23.8 Å². The fourth-order valence-electron chi connectivity index (χ4n) is 2.25. The van der Waals surface area contributed by atoms with Crippen molar-refractivity contribution >= 4 is 11.9 Å². The van der Waals surface area contributed by atoms with Gasteiger partial charge in [-0.3, -0.25) is 4.79 Å². The molecular formula is C19H26N4O3. The monoisotopic (exact) mass is 358 g/mol. The average molecular weight is 358 g/mol. The van der Waals surface area contributed by atoms with Crippen molar-refractivity contribution in [3.05, 3.63) is 42.2 Å². The van der Waals surface area contributed by atoms with Crippen LogP contribution in [0.2, 0.25) is 0 Å². The van der Waals surface area contributed by atoms with Crippen molar-refractivity contribution in [2.75, 3.05) is 38.8 Å². The standard InChI is InChI=1S/C19H26N4O3/c1-4-5-13-23(2)19-21-11-10-17(22-19)18(24)20-12-14-26-16-8-6-15(25-3)7-9-16/h6-11H,4-5,12-14H2,1-3H3,(H,20,24). The molecule has 7 heteroatoms. The van der Waals surface area contributed by atoms with Crippen LogP contribution in [0.5, 0.6) is 11.5 Å². The van der Waals surface area contributed by atoms with Gasteiger partial charge in [-0.25, -0.2) is 9.97 Å². The second-order valence-corrected chi connectivity index (χ2v) is 5.80. The number of amides is 1. The van der Waals surface area contributed by atoms with Crippen LogP contribution < -0.4 is 19.7 Å². The van der Waals surface area contributed by atoms with Crippen molar-refractivity contribution < 1.29 is 14.3 Å². The average Bonchev–Trinajstić information content (AvgIpc) is 2.69. The Balaban J connectivity index is 1.80. The molecule has 1 aromatic carbocycles. The summed E-state index contributed by atoms with van der Waals surface area (Å²) >= 11 is 0. The molecule has 1 amide bonds. The molecule has 1 heterocycles. The van der Waals surface area contributed by atoms with Gasteiger partial charge in [0, 0.05) is 19.8 Å². The largest absolute Gasteiger partial charge is 0.497 e. The maximum absolute atomic E-state index is 12.2. The van der Waals surface area contributed by atoms with E-state index in [1.54, 1.807) is 19.4 Å².